The Bertz CT molecular complexity index is 854. The van der Waals surface area contributed by atoms with Crippen LogP contribution in [0.2, 0.25) is 15.1 Å². The van der Waals surface area contributed by atoms with E-state index >= 15 is 0 Å². The minimum Gasteiger partial charge on any atom is -0.324 e. The van der Waals surface area contributed by atoms with Gasteiger partial charge in [-0.3, -0.25) is 9.59 Å². The van der Waals surface area contributed by atoms with Gasteiger partial charge >= 0.3 is 0 Å². The molecule has 0 unspecified atom stereocenters. The second-order valence-electron chi connectivity index (χ2n) is 5.90. The molecule has 1 aliphatic rings. The molecule has 3 rings (SSSR count). The van der Waals surface area contributed by atoms with E-state index in [1.807, 2.05) is 13.0 Å². The lowest BCUT2D eigenvalue weighted by molar-refractivity contribution is -0.122. The van der Waals surface area contributed by atoms with Crippen LogP contribution in [0, 0.1) is 12.8 Å². The second-order valence-corrected chi connectivity index (χ2v) is 7.15. The Kier molecular flexibility index (Phi) is 5.23. The highest BCUT2D eigenvalue weighted by molar-refractivity contribution is 6.35. The summed E-state index contributed by atoms with van der Waals surface area (Å²) < 4.78 is 0. The lowest BCUT2D eigenvalue weighted by Crippen LogP contribution is -2.28. The van der Waals surface area contributed by atoms with Gasteiger partial charge in [0.2, 0.25) is 11.8 Å². The van der Waals surface area contributed by atoms with Crippen LogP contribution in [0.5, 0.6) is 0 Å². The van der Waals surface area contributed by atoms with Gasteiger partial charge in [-0.05, 0) is 42.8 Å². The highest BCUT2D eigenvalue weighted by atomic mass is 35.5. The summed E-state index contributed by atoms with van der Waals surface area (Å²) in [6, 6.07) is 10.2. The second kappa shape index (κ2) is 7.24. The van der Waals surface area contributed by atoms with Gasteiger partial charge in [-0.2, -0.15) is 0 Å². The van der Waals surface area contributed by atoms with Crippen LogP contribution in [-0.4, -0.2) is 18.4 Å². The van der Waals surface area contributed by atoms with E-state index in [0.717, 1.165) is 11.3 Å². The molecule has 2 aromatic rings. The zero-order valence-electron chi connectivity index (χ0n) is 13.4. The number of halogens is 3. The first-order chi connectivity index (χ1) is 11.9. The van der Waals surface area contributed by atoms with Gasteiger partial charge in [0.05, 0.1) is 16.6 Å². The minimum absolute atomic E-state index is 0.109. The topological polar surface area (TPSA) is 49.4 Å². The van der Waals surface area contributed by atoms with Gasteiger partial charge in [0.1, 0.15) is 0 Å². The maximum atomic E-state index is 12.5. The van der Waals surface area contributed by atoms with Crippen LogP contribution >= 0.6 is 34.8 Å². The molecule has 0 saturated carbocycles. The summed E-state index contributed by atoms with van der Waals surface area (Å²) in [6.45, 7) is 2.15. The molecule has 1 atom stereocenters. The van der Waals surface area contributed by atoms with Gasteiger partial charge < -0.3 is 10.2 Å². The number of carbonyl (C=O) groups is 2. The van der Waals surface area contributed by atoms with E-state index in [1.165, 1.54) is 0 Å². The van der Waals surface area contributed by atoms with Gasteiger partial charge in [0.25, 0.3) is 0 Å². The number of anilines is 2. The van der Waals surface area contributed by atoms with Crippen LogP contribution < -0.4 is 10.2 Å². The SMILES string of the molecule is Cc1c(Cl)cccc1N1C[C@@H](C(=O)Nc2cc(Cl)ccc2Cl)CC1=O. The number of amides is 2. The number of carbonyl (C=O) groups excluding carboxylic acids is 2. The number of hydrogen-bond acceptors (Lipinski definition) is 2. The molecule has 7 heteroatoms. The van der Waals surface area contributed by atoms with E-state index in [0.29, 0.717) is 27.3 Å². The van der Waals surface area contributed by atoms with Crippen LogP contribution in [-0.2, 0) is 9.59 Å². The number of hydrogen-bond donors (Lipinski definition) is 1. The molecule has 0 bridgehead atoms. The first kappa shape index (κ1) is 18.1. The molecule has 2 aromatic carbocycles. The Morgan fingerprint density at radius 3 is 2.68 bits per heavy atom. The zero-order valence-corrected chi connectivity index (χ0v) is 15.6. The third-order valence-electron chi connectivity index (χ3n) is 4.21. The average Bonchev–Trinajstić information content (AvgIpc) is 2.95. The molecule has 25 heavy (non-hydrogen) atoms. The average molecular weight is 398 g/mol. The Morgan fingerprint density at radius 2 is 1.92 bits per heavy atom. The van der Waals surface area contributed by atoms with E-state index in [4.69, 9.17) is 34.8 Å². The molecule has 0 spiro atoms. The van der Waals surface area contributed by atoms with E-state index in [-0.39, 0.29) is 18.2 Å². The summed E-state index contributed by atoms with van der Waals surface area (Å²) in [5.41, 5.74) is 1.98. The molecular formula is C18H15Cl3N2O2. The third-order valence-corrected chi connectivity index (χ3v) is 5.19. The molecule has 4 nitrogen and oxygen atoms in total. The van der Waals surface area contributed by atoms with Crippen molar-refractivity contribution in [1.82, 2.24) is 0 Å². The summed E-state index contributed by atoms with van der Waals surface area (Å²) in [4.78, 5) is 26.5. The van der Waals surface area contributed by atoms with Crippen LogP contribution in [0.3, 0.4) is 0 Å². The Labute approximate surface area is 160 Å². The Hall–Kier alpha value is -1.75. The molecule has 0 radical (unpaired) electrons. The van der Waals surface area contributed by atoms with Crippen molar-refractivity contribution in [2.75, 3.05) is 16.8 Å². The molecule has 1 fully saturated rings. The van der Waals surface area contributed by atoms with E-state index in [2.05, 4.69) is 5.32 Å². The number of nitrogens with zero attached hydrogens (tertiary/aromatic N) is 1. The van der Waals surface area contributed by atoms with Crippen molar-refractivity contribution >= 4 is 58.0 Å². The third kappa shape index (κ3) is 3.76. The van der Waals surface area contributed by atoms with Gasteiger partial charge in [-0.15, -0.1) is 0 Å². The summed E-state index contributed by atoms with van der Waals surface area (Å²) in [5.74, 6) is -0.844. The highest BCUT2D eigenvalue weighted by Crippen LogP contribution is 2.32. The molecular weight excluding hydrogens is 383 g/mol. The summed E-state index contributed by atoms with van der Waals surface area (Å²) in [7, 11) is 0. The molecule has 1 saturated heterocycles. The minimum atomic E-state index is -0.471. The normalized spacial score (nSPS) is 17.0. The molecule has 1 heterocycles. The van der Waals surface area contributed by atoms with Gasteiger partial charge in [0, 0.05) is 28.7 Å². The maximum Gasteiger partial charge on any atom is 0.229 e. The lowest BCUT2D eigenvalue weighted by atomic mass is 10.1. The summed E-state index contributed by atoms with van der Waals surface area (Å²) in [5, 5.41) is 4.20. The van der Waals surface area contributed by atoms with Crippen molar-refractivity contribution < 1.29 is 9.59 Å². The quantitative estimate of drug-likeness (QED) is 0.797. The fraction of sp³-hybridized carbons (Fsp3) is 0.222. The summed E-state index contributed by atoms with van der Waals surface area (Å²) >= 11 is 18.1. The van der Waals surface area contributed by atoms with Crippen LogP contribution in [0.4, 0.5) is 11.4 Å². The molecule has 0 aromatic heterocycles. The molecule has 2 amide bonds. The maximum absolute atomic E-state index is 12.5. The van der Waals surface area contributed by atoms with Crippen molar-refractivity contribution in [2.45, 2.75) is 13.3 Å². The van der Waals surface area contributed by atoms with Crippen molar-refractivity contribution in [1.29, 1.82) is 0 Å². The Balaban J connectivity index is 1.77. The van der Waals surface area contributed by atoms with Crippen molar-refractivity contribution in [3.8, 4) is 0 Å². The fourth-order valence-electron chi connectivity index (χ4n) is 2.83. The summed E-state index contributed by atoms with van der Waals surface area (Å²) in [6.07, 6.45) is 0.135. The fourth-order valence-corrected chi connectivity index (χ4v) is 3.34. The number of rotatable bonds is 3. The van der Waals surface area contributed by atoms with Gasteiger partial charge in [-0.1, -0.05) is 40.9 Å². The lowest BCUT2D eigenvalue weighted by Gasteiger charge is -2.19. The number of nitrogens with one attached hydrogen (secondary N) is 1. The molecule has 0 aliphatic carbocycles. The molecule has 1 N–H and O–H groups in total. The van der Waals surface area contributed by atoms with Crippen LogP contribution in [0.1, 0.15) is 12.0 Å². The van der Waals surface area contributed by atoms with Gasteiger partial charge in [0.15, 0.2) is 0 Å². The van der Waals surface area contributed by atoms with E-state index in [1.54, 1.807) is 35.2 Å². The predicted octanol–water partition coefficient (Wildman–Crippen LogP) is 4.95. The highest BCUT2D eigenvalue weighted by Gasteiger charge is 2.36. The standard InChI is InChI=1S/C18H15Cl3N2O2/c1-10-13(20)3-2-4-16(10)23-9-11(7-17(23)24)18(25)22-15-8-12(19)5-6-14(15)21/h2-6,8,11H,7,9H2,1H3,(H,22,25)/t11-/m0/s1. The van der Waals surface area contributed by atoms with Gasteiger partial charge in [-0.25, -0.2) is 0 Å². The largest absolute Gasteiger partial charge is 0.324 e. The first-order valence-electron chi connectivity index (χ1n) is 7.68. The van der Waals surface area contributed by atoms with Crippen molar-refractivity contribution in [3.63, 3.8) is 0 Å². The van der Waals surface area contributed by atoms with Crippen molar-refractivity contribution in [3.05, 3.63) is 57.0 Å². The van der Waals surface area contributed by atoms with Crippen LogP contribution in [0.25, 0.3) is 0 Å². The van der Waals surface area contributed by atoms with Crippen LogP contribution in [0.15, 0.2) is 36.4 Å². The molecule has 130 valence electrons. The van der Waals surface area contributed by atoms with E-state index < -0.39 is 5.92 Å². The monoisotopic (exact) mass is 396 g/mol. The van der Waals surface area contributed by atoms with Crippen molar-refractivity contribution in [2.24, 2.45) is 5.92 Å². The predicted molar refractivity (Wildman–Crippen MR) is 102 cm³/mol. The number of benzene rings is 2. The Morgan fingerprint density at radius 1 is 1.16 bits per heavy atom. The van der Waals surface area contributed by atoms with E-state index in [9.17, 15) is 9.59 Å². The zero-order chi connectivity index (χ0) is 18.1. The smallest absolute Gasteiger partial charge is 0.229 e. The first-order valence-corrected chi connectivity index (χ1v) is 8.81. The molecule has 1 aliphatic heterocycles.